The predicted octanol–water partition coefficient (Wildman–Crippen LogP) is 2.35. The first-order valence-electron chi connectivity index (χ1n) is 2.99. The maximum atomic E-state index is 2.27. The second-order valence-corrected chi connectivity index (χ2v) is 4.47. The Kier molecular flexibility index (Phi) is 7.00. The van der Waals surface area contributed by atoms with Crippen LogP contribution < -0.4 is 0 Å². The first-order valence-corrected chi connectivity index (χ1v) is 5.41. The standard InChI is InChI=1S/C6H14Se/c1-3-5-6-7-4-2/h3-6H2,1-2H3. The van der Waals surface area contributed by atoms with E-state index in [0.29, 0.717) is 0 Å². The molecule has 0 aromatic carbocycles. The monoisotopic (exact) mass is 166 g/mol. The van der Waals surface area contributed by atoms with Gasteiger partial charge in [0.05, 0.1) is 0 Å². The molecule has 0 fully saturated rings. The van der Waals surface area contributed by atoms with Gasteiger partial charge in [0.15, 0.2) is 0 Å². The van der Waals surface area contributed by atoms with Gasteiger partial charge in [0.25, 0.3) is 0 Å². The molecule has 0 spiro atoms. The molecule has 0 bridgehead atoms. The summed E-state index contributed by atoms with van der Waals surface area (Å²) < 4.78 is 0. The van der Waals surface area contributed by atoms with E-state index in [-0.39, 0.29) is 0 Å². The summed E-state index contributed by atoms with van der Waals surface area (Å²) in [7, 11) is 0. The zero-order chi connectivity index (χ0) is 5.54. The molecule has 7 heavy (non-hydrogen) atoms. The SMILES string of the molecule is CCCC[Se]CC. The van der Waals surface area contributed by atoms with Crippen molar-refractivity contribution < 1.29 is 0 Å². The average molecular weight is 165 g/mol. The number of unbranched alkanes of at least 4 members (excludes halogenated alkanes) is 1. The van der Waals surface area contributed by atoms with Crippen LogP contribution in [0.2, 0.25) is 10.6 Å². The molecule has 0 amide bonds. The van der Waals surface area contributed by atoms with E-state index >= 15 is 0 Å². The summed E-state index contributed by atoms with van der Waals surface area (Å²) in [5.74, 6) is 0. The van der Waals surface area contributed by atoms with Crippen LogP contribution in [-0.2, 0) is 0 Å². The molecule has 0 nitrogen and oxygen atoms in total. The van der Waals surface area contributed by atoms with Gasteiger partial charge in [-0.25, -0.2) is 0 Å². The van der Waals surface area contributed by atoms with Crippen LogP contribution in [0.25, 0.3) is 0 Å². The Labute approximate surface area is 52.8 Å². The molecule has 0 unspecified atom stereocenters. The summed E-state index contributed by atoms with van der Waals surface area (Å²) in [4.78, 5) is 0. The Hall–Kier alpha value is 0.519. The van der Waals surface area contributed by atoms with E-state index in [0.717, 1.165) is 15.0 Å². The summed E-state index contributed by atoms with van der Waals surface area (Å²) in [6.45, 7) is 4.53. The Balaban J connectivity index is 2.45. The molecule has 0 aromatic rings. The van der Waals surface area contributed by atoms with Crippen LogP contribution in [0.15, 0.2) is 0 Å². The Morgan fingerprint density at radius 2 is 2.00 bits per heavy atom. The van der Waals surface area contributed by atoms with Gasteiger partial charge < -0.3 is 0 Å². The van der Waals surface area contributed by atoms with Crippen molar-refractivity contribution in [1.82, 2.24) is 0 Å². The van der Waals surface area contributed by atoms with E-state index in [1.807, 2.05) is 0 Å². The molecule has 0 heterocycles. The molecule has 0 atom stereocenters. The molecule has 44 valence electrons. The summed E-state index contributed by atoms with van der Waals surface area (Å²) in [5, 5.41) is 2.92. The molecule has 0 aliphatic carbocycles. The molecule has 1 heteroatoms. The molecule has 0 N–H and O–H groups in total. The van der Waals surface area contributed by atoms with Gasteiger partial charge in [-0.3, -0.25) is 0 Å². The van der Waals surface area contributed by atoms with Crippen LogP contribution >= 0.6 is 0 Å². The fourth-order valence-corrected chi connectivity index (χ4v) is 2.03. The summed E-state index contributed by atoms with van der Waals surface area (Å²) >= 11 is 0.968. The van der Waals surface area contributed by atoms with Crippen molar-refractivity contribution in [2.75, 3.05) is 0 Å². The van der Waals surface area contributed by atoms with Crippen molar-refractivity contribution in [3.8, 4) is 0 Å². The van der Waals surface area contributed by atoms with Gasteiger partial charge in [0, 0.05) is 0 Å². The van der Waals surface area contributed by atoms with Crippen molar-refractivity contribution in [2.24, 2.45) is 0 Å². The van der Waals surface area contributed by atoms with Gasteiger partial charge in [-0.15, -0.1) is 0 Å². The van der Waals surface area contributed by atoms with Gasteiger partial charge in [-0.1, -0.05) is 0 Å². The predicted molar refractivity (Wildman–Crippen MR) is 35.9 cm³/mol. The van der Waals surface area contributed by atoms with Crippen molar-refractivity contribution in [3.63, 3.8) is 0 Å². The fraction of sp³-hybridized carbons (Fsp3) is 1.00. The van der Waals surface area contributed by atoms with Gasteiger partial charge in [0.1, 0.15) is 0 Å². The van der Waals surface area contributed by atoms with Crippen LogP contribution in [0.1, 0.15) is 26.7 Å². The van der Waals surface area contributed by atoms with Gasteiger partial charge >= 0.3 is 52.3 Å². The second kappa shape index (κ2) is 6.52. The summed E-state index contributed by atoms with van der Waals surface area (Å²) in [5.41, 5.74) is 0. The van der Waals surface area contributed by atoms with Crippen LogP contribution in [0.5, 0.6) is 0 Å². The normalized spacial score (nSPS) is 9.43. The third-order valence-electron chi connectivity index (χ3n) is 0.846. The summed E-state index contributed by atoms with van der Waals surface area (Å²) in [6.07, 6.45) is 2.83. The van der Waals surface area contributed by atoms with Gasteiger partial charge in [-0.2, -0.15) is 0 Å². The molecule has 0 saturated heterocycles. The molecule has 0 rings (SSSR count). The van der Waals surface area contributed by atoms with Gasteiger partial charge in [-0.05, 0) is 0 Å². The topological polar surface area (TPSA) is 0 Å². The Morgan fingerprint density at radius 1 is 1.29 bits per heavy atom. The van der Waals surface area contributed by atoms with E-state index < -0.39 is 0 Å². The zero-order valence-corrected chi connectivity index (χ0v) is 6.95. The van der Waals surface area contributed by atoms with Crippen LogP contribution in [-0.4, -0.2) is 15.0 Å². The number of hydrogen-bond donors (Lipinski definition) is 0. The molecule has 0 aliphatic heterocycles. The van der Waals surface area contributed by atoms with E-state index in [1.165, 1.54) is 23.5 Å². The molecule has 0 radical (unpaired) electrons. The van der Waals surface area contributed by atoms with E-state index in [2.05, 4.69) is 13.8 Å². The Morgan fingerprint density at radius 3 is 2.43 bits per heavy atom. The van der Waals surface area contributed by atoms with Crippen LogP contribution in [0.3, 0.4) is 0 Å². The van der Waals surface area contributed by atoms with E-state index in [1.54, 1.807) is 0 Å². The van der Waals surface area contributed by atoms with Crippen LogP contribution in [0, 0.1) is 0 Å². The first-order chi connectivity index (χ1) is 3.41. The van der Waals surface area contributed by atoms with Gasteiger partial charge in [0.2, 0.25) is 0 Å². The van der Waals surface area contributed by atoms with Crippen molar-refractivity contribution in [3.05, 3.63) is 0 Å². The number of hydrogen-bond acceptors (Lipinski definition) is 0. The molecule has 0 aliphatic rings. The molecule has 0 aromatic heterocycles. The maximum absolute atomic E-state index is 2.27. The Bertz CT molecular complexity index is 23.4. The zero-order valence-electron chi connectivity index (χ0n) is 5.24. The van der Waals surface area contributed by atoms with Crippen LogP contribution in [0.4, 0.5) is 0 Å². The van der Waals surface area contributed by atoms with Crippen molar-refractivity contribution in [1.29, 1.82) is 0 Å². The van der Waals surface area contributed by atoms with Crippen molar-refractivity contribution >= 4 is 15.0 Å². The average Bonchev–Trinajstić information content (AvgIpc) is 1.69. The fourth-order valence-electron chi connectivity index (χ4n) is 0.391. The van der Waals surface area contributed by atoms with Crippen molar-refractivity contribution in [2.45, 2.75) is 37.3 Å². The third-order valence-corrected chi connectivity index (χ3v) is 2.91. The molecule has 0 saturated carbocycles. The third kappa shape index (κ3) is 6.52. The molecular weight excluding hydrogens is 151 g/mol. The first kappa shape index (κ1) is 7.52. The number of rotatable bonds is 4. The minimum absolute atomic E-state index is 0.968. The minimum atomic E-state index is 0.968. The second-order valence-electron chi connectivity index (χ2n) is 1.55. The summed E-state index contributed by atoms with van der Waals surface area (Å²) in [6, 6.07) is 0. The molecular formula is C6H14Se. The van der Waals surface area contributed by atoms with E-state index in [9.17, 15) is 0 Å². The van der Waals surface area contributed by atoms with E-state index in [4.69, 9.17) is 0 Å². The quantitative estimate of drug-likeness (QED) is 0.443.